The molecule has 0 aliphatic carbocycles. The number of allylic oxidation sites excluding steroid dienone is 1. The highest BCUT2D eigenvalue weighted by Crippen LogP contribution is 2.39. The van der Waals surface area contributed by atoms with Gasteiger partial charge >= 0.3 is 5.97 Å². The molecule has 0 aromatic heterocycles. The Kier molecular flexibility index (Phi) is 8.29. The Labute approximate surface area is 205 Å². The summed E-state index contributed by atoms with van der Waals surface area (Å²) in [6, 6.07) is 11.1. The first-order valence-electron chi connectivity index (χ1n) is 12.4. The van der Waals surface area contributed by atoms with Crippen LogP contribution in [-0.4, -0.2) is 49.6 Å². The lowest BCUT2D eigenvalue weighted by Gasteiger charge is -2.32. The number of piperidine rings is 1. The van der Waals surface area contributed by atoms with Gasteiger partial charge in [0.25, 0.3) is 0 Å². The molecule has 2 aromatic carbocycles. The van der Waals surface area contributed by atoms with Gasteiger partial charge in [-0.2, -0.15) is 0 Å². The number of likely N-dealkylation sites (tertiary alicyclic amines) is 1. The fraction of sp³-hybridized carbons (Fsp3) is 0.429. The average molecular weight is 483 g/mol. The van der Waals surface area contributed by atoms with Crippen molar-refractivity contribution in [3.05, 3.63) is 77.4 Å². The Morgan fingerprint density at radius 1 is 1.00 bits per heavy atom. The van der Waals surface area contributed by atoms with Crippen LogP contribution in [0.3, 0.4) is 0 Å². The van der Waals surface area contributed by atoms with Gasteiger partial charge in [-0.3, -0.25) is 9.69 Å². The van der Waals surface area contributed by atoms with Crippen molar-refractivity contribution < 1.29 is 23.1 Å². The minimum Gasteiger partial charge on any atom is -0.463 e. The van der Waals surface area contributed by atoms with E-state index in [1.807, 2.05) is 6.08 Å². The summed E-state index contributed by atoms with van der Waals surface area (Å²) in [5.41, 5.74) is 2.47. The predicted molar refractivity (Wildman–Crippen MR) is 131 cm³/mol. The normalized spacial score (nSPS) is 19.4. The fourth-order valence-electron chi connectivity index (χ4n) is 5.06. The molecule has 5 nitrogen and oxygen atoms in total. The van der Waals surface area contributed by atoms with Crippen molar-refractivity contribution in [1.82, 2.24) is 4.90 Å². The van der Waals surface area contributed by atoms with Gasteiger partial charge in [0.2, 0.25) is 5.91 Å². The molecule has 0 spiro atoms. The van der Waals surface area contributed by atoms with E-state index in [9.17, 15) is 18.4 Å². The van der Waals surface area contributed by atoms with Crippen molar-refractivity contribution >= 4 is 17.6 Å². The summed E-state index contributed by atoms with van der Waals surface area (Å²) in [7, 11) is 0. The third-order valence-corrected chi connectivity index (χ3v) is 6.89. The second kappa shape index (κ2) is 11.6. The Balaban J connectivity index is 1.44. The molecular formula is C28H32F2N2O3. The lowest BCUT2D eigenvalue weighted by molar-refractivity contribution is -0.137. The molecule has 0 N–H and O–H groups in total. The third kappa shape index (κ3) is 6.34. The summed E-state index contributed by atoms with van der Waals surface area (Å²) in [5, 5.41) is 0. The minimum absolute atomic E-state index is 0.0223. The summed E-state index contributed by atoms with van der Waals surface area (Å²) < 4.78 is 32.7. The topological polar surface area (TPSA) is 49.9 Å². The molecule has 2 aliphatic heterocycles. The van der Waals surface area contributed by atoms with Crippen LogP contribution in [0.2, 0.25) is 0 Å². The Bertz CT molecular complexity index is 1060. The number of ether oxygens (including phenoxy) is 1. The van der Waals surface area contributed by atoms with Crippen molar-refractivity contribution in [3.8, 4) is 0 Å². The number of rotatable bonds is 6. The molecule has 186 valence electrons. The number of hydrogen-bond donors (Lipinski definition) is 0. The SMILES string of the molecule is CCOC(=O)/C=C/C1CCN(CC(=O)N2CCCC(c3ccc(F)cc3)c3ccc(F)cc32)CC1. The summed E-state index contributed by atoms with van der Waals surface area (Å²) in [4.78, 5) is 28.8. The van der Waals surface area contributed by atoms with Crippen LogP contribution in [0.15, 0.2) is 54.6 Å². The fourth-order valence-corrected chi connectivity index (χ4v) is 5.06. The monoisotopic (exact) mass is 482 g/mol. The van der Waals surface area contributed by atoms with Crippen molar-refractivity contribution in [2.24, 2.45) is 5.92 Å². The van der Waals surface area contributed by atoms with E-state index >= 15 is 0 Å². The third-order valence-electron chi connectivity index (χ3n) is 6.89. The van der Waals surface area contributed by atoms with Gasteiger partial charge in [-0.15, -0.1) is 0 Å². The molecule has 4 rings (SSSR count). The van der Waals surface area contributed by atoms with E-state index in [0.29, 0.717) is 18.8 Å². The first-order chi connectivity index (χ1) is 16.9. The lowest BCUT2D eigenvalue weighted by Crippen LogP contribution is -2.43. The number of fused-ring (bicyclic) bond motifs is 1. The smallest absolute Gasteiger partial charge is 0.330 e. The molecule has 1 atom stereocenters. The van der Waals surface area contributed by atoms with Crippen molar-refractivity contribution in [2.45, 2.75) is 38.5 Å². The molecule has 0 radical (unpaired) electrons. The largest absolute Gasteiger partial charge is 0.463 e. The molecule has 0 bridgehead atoms. The van der Waals surface area contributed by atoms with Crippen LogP contribution in [0.4, 0.5) is 14.5 Å². The number of benzene rings is 2. The Morgan fingerprint density at radius 2 is 1.71 bits per heavy atom. The zero-order valence-electron chi connectivity index (χ0n) is 20.1. The zero-order chi connectivity index (χ0) is 24.8. The average Bonchev–Trinajstić information content (AvgIpc) is 3.04. The number of amides is 1. The Morgan fingerprint density at radius 3 is 2.43 bits per heavy atom. The van der Waals surface area contributed by atoms with Crippen LogP contribution >= 0.6 is 0 Å². The van der Waals surface area contributed by atoms with Gasteiger partial charge in [-0.05, 0) is 87.0 Å². The van der Waals surface area contributed by atoms with Gasteiger partial charge in [0.15, 0.2) is 0 Å². The van der Waals surface area contributed by atoms with E-state index in [1.54, 1.807) is 30.0 Å². The molecule has 1 amide bonds. The predicted octanol–water partition coefficient (Wildman–Crippen LogP) is 5.05. The number of anilines is 1. The van der Waals surface area contributed by atoms with Crippen molar-refractivity contribution in [3.63, 3.8) is 0 Å². The molecule has 1 unspecified atom stereocenters. The number of nitrogens with zero attached hydrogens (tertiary/aromatic N) is 2. The maximum Gasteiger partial charge on any atom is 0.330 e. The Hall–Kier alpha value is -3.06. The van der Waals surface area contributed by atoms with Crippen LogP contribution in [0.5, 0.6) is 0 Å². The highest BCUT2D eigenvalue weighted by atomic mass is 19.1. The second-order valence-electron chi connectivity index (χ2n) is 9.22. The maximum atomic E-state index is 14.3. The standard InChI is InChI=1S/C28H32F2N2O3/c1-2-35-28(34)12-5-20-13-16-31(17-14-20)19-27(33)32-15-3-4-24(21-6-8-22(29)9-7-21)25-11-10-23(30)18-26(25)32/h5-12,18,20,24H,2-4,13-17,19H2,1H3/b12-5+. The molecule has 2 aromatic rings. The first-order valence-corrected chi connectivity index (χ1v) is 12.4. The maximum absolute atomic E-state index is 14.3. The van der Waals surface area contributed by atoms with Crippen LogP contribution < -0.4 is 4.90 Å². The molecule has 2 heterocycles. The van der Waals surface area contributed by atoms with E-state index < -0.39 is 0 Å². The van der Waals surface area contributed by atoms with E-state index in [0.717, 1.165) is 49.9 Å². The van der Waals surface area contributed by atoms with E-state index in [1.165, 1.54) is 30.3 Å². The first kappa shape index (κ1) is 25.0. The van der Waals surface area contributed by atoms with Gasteiger partial charge in [-0.25, -0.2) is 13.6 Å². The lowest BCUT2D eigenvalue weighted by atomic mass is 9.87. The molecule has 35 heavy (non-hydrogen) atoms. The minimum atomic E-state index is -0.379. The van der Waals surface area contributed by atoms with Crippen LogP contribution in [0.1, 0.15) is 49.7 Å². The van der Waals surface area contributed by atoms with Gasteiger partial charge in [0.1, 0.15) is 11.6 Å². The highest BCUT2D eigenvalue weighted by molar-refractivity contribution is 5.96. The summed E-state index contributed by atoms with van der Waals surface area (Å²) in [5.74, 6) is -0.774. The second-order valence-corrected chi connectivity index (χ2v) is 9.22. The number of carbonyl (C=O) groups excluding carboxylic acids is 2. The zero-order valence-corrected chi connectivity index (χ0v) is 20.1. The van der Waals surface area contributed by atoms with Crippen molar-refractivity contribution in [2.75, 3.05) is 37.7 Å². The van der Waals surface area contributed by atoms with Crippen molar-refractivity contribution in [1.29, 1.82) is 0 Å². The van der Waals surface area contributed by atoms with Crippen LogP contribution in [-0.2, 0) is 14.3 Å². The molecule has 1 saturated heterocycles. The highest BCUT2D eigenvalue weighted by Gasteiger charge is 2.29. The van der Waals surface area contributed by atoms with Gasteiger partial charge < -0.3 is 9.64 Å². The summed E-state index contributed by atoms with van der Waals surface area (Å²) in [6.07, 6.45) is 6.69. The quantitative estimate of drug-likeness (QED) is 0.427. The summed E-state index contributed by atoms with van der Waals surface area (Å²) in [6.45, 7) is 4.44. The summed E-state index contributed by atoms with van der Waals surface area (Å²) >= 11 is 0. The number of halogens is 2. The molecule has 1 fully saturated rings. The van der Waals surface area contributed by atoms with Gasteiger partial charge in [0.05, 0.1) is 18.8 Å². The number of hydrogen-bond acceptors (Lipinski definition) is 4. The molecular weight excluding hydrogens is 450 g/mol. The van der Waals surface area contributed by atoms with Crippen LogP contribution in [0.25, 0.3) is 0 Å². The number of esters is 1. The molecule has 0 saturated carbocycles. The molecule has 7 heteroatoms. The van der Waals surface area contributed by atoms with Gasteiger partial charge in [-0.1, -0.05) is 24.3 Å². The number of carbonyl (C=O) groups is 2. The molecule has 2 aliphatic rings. The van der Waals surface area contributed by atoms with E-state index in [-0.39, 0.29) is 41.9 Å². The van der Waals surface area contributed by atoms with E-state index in [4.69, 9.17) is 4.74 Å². The van der Waals surface area contributed by atoms with Crippen LogP contribution in [0, 0.1) is 17.6 Å². The van der Waals surface area contributed by atoms with E-state index in [2.05, 4.69) is 4.90 Å². The van der Waals surface area contributed by atoms with Gasteiger partial charge in [0, 0.05) is 18.5 Å².